The largest absolute Gasteiger partial charge is 0.456 e. The van der Waals surface area contributed by atoms with Crippen LogP contribution in [0.2, 0.25) is 5.02 Å². The van der Waals surface area contributed by atoms with Crippen LogP contribution in [0, 0.1) is 13.8 Å². The lowest BCUT2D eigenvalue weighted by atomic mass is 10.1. The number of rotatable bonds is 6. The average molecular weight is 445 g/mol. The molecule has 1 amide bonds. The fraction of sp³-hybridized carbons (Fsp3) is 0.238. The molecule has 3 rings (SSSR count). The molecule has 0 spiro atoms. The highest BCUT2D eigenvalue weighted by Gasteiger charge is 2.22. The number of hydrogen-bond donors (Lipinski definition) is 0. The standard InChI is InChI=1S/C21H21ClN4O3S/c1-13-9-14(2)20(18(22)10-13)26(15(3)27)21-24-16(12-30-21)11-29-19(28)6-5-17-7-8-23-25(17)4/h5-10,12H,11H2,1-4H3/b6-5+. The third kappa shape index (κ3) is 4.95. The van der Waals surface area contributed by atoms with Gasteiger partial charge in [0.15, 0.2) is 5.13 Å². The summed E-state index contributed by atoms with van der Waals surface area (Å²) in [5, 5.41) is 6.72. The van der Waals surface area contributed by atoms with E-state index < -0.39 is 5.97 Å². The summed E-state index contributed by atoms with van der Waals surface area (Å²) in [4.78, 5) is 30.3. The molecule has 7 nitrogen and oxygen atoms in total. The number of aromatic nitrogens is 3. The molecule has 0 saturated carbocycles. The Kier molecular flexibility index (Phi) is 6.69. The van der Waals surface area contributed by atoms with Crippen molar-refractivity contribution in [2.45, 2.75) is 27.4 Å². The molecule has 3 aromatic rings. The van der Waals surface area contributed by atoms with E-state index in [0.29, 0.717) is 21.5 Å². The Labute approximate surface area is 183 Å². The number of benzene rings is 1. The van der Waals surface area contributed by atoms with E-state index in [-0.39, 0.29) is 12.5 Å². The lowest BCUT2D eigenvalue weighted by Gasteiger charge is -2.22. The van der Waals surface area contributed by atoms with Gasteiger partial charge in [-0.3, -0.25) is 14.4 Å². The maximum atomic E-state index is 12.4. The highest BCUT2D eigenvalue weighted by atomic mass is 35.5. The average Bonchev–Trinajstić information content (AvgIpc) is 3.29. The van der Waals surface area contributed by atoms with Crippen molar-refractivity contribution in [3.05, 3.63) is 63.4 Å². The van der Waals surface area contributed by atoms with Gasteiger partial charge in [-0.15, -0.1) is 11.3 Å². The van der Waals surface area contributed by atoms with Crippen molar-refractivity contribution in [2.24, 2.45) is 7.05 Å². The van der Waals surface area contributed by atoms with Gasteiger partial charge in [-0.05, 0) is 43.2 Å². The van der Waals surface area contributed by atoms with Crippen molar-refractivity contribution in [3.8, 4) is 0 Å². The van der Waals surface area contributed by atoms with Crippen LogP contribution < -0.4 is 4.90 Å². The van der Waals surface area contributed by atoms with Gasteiger partial charge in [0, 0.05) is 31.6 Å². The highest BCUT2D eigenvalue weighted by molar-refractivity contribution is 7.14. The van der Waals surface area contributed by atoms with Crippen molar-refractivity contribution in [2.75, 3.05) is 4.90 Å². The predicted octanol–water partition coefficient (Wildman–Crippen LogP) is 4.59. The molecule has 0 aliphatic heterocycles. The van der Waals surface area contributed by atoms with Gasteiger partial charge in [0.25, 0.3) is 0 Å². The Balaban J connectivity index is 1.73. The van der Waals surface area contributed by atoms with Crippen LogP contribution in [0.15, 0.2) is 35.9 Å². The number of carbonyl (C=O) groups excluding carboxylic acids is 2. The zero-order valence-electron chi connectivity index (χ0n) is 17.0. The summed E-state index contributed by atoms with van der Waals surface area (Å²) in [7, 11) is 1.78. The Morgan fingerprint density at radius 3 is 2.73 bits per heavy atom. The minimum Gasteiger partial charge on any atom is -0.456 e. The molecule has 0 atom stereocenters. The summed E-state index contributed by atoms with van der Waals surface area (Å²) in [5.41, 5.74) is 3.82. The number of thiazole rings is 1. The molecule has 0 saturated heterocycles. The van der Waals surface area contributed by atoms with Crippen molar-refractivity contribution in [1.29, 1.82) is 0 Å². The lowest BCUT2D eigenvalue weighted by molar-refractivity contribution is -0.139. The maximum absolute atomic E-state index is 12.4. The Hall–Kier alpha value is -2.97. The molecule has 0 radical (unpaired) electrons. The number of halogens is 1. The molecule has 2 aromatic heterocycles. The molecule has 1 aromatic carbocycles. The molecule has 156 valence electrons. The summed E-state index contributed by atoms with van der Waals surface area (Å²) in [6.45, 7) is 5.30. The summed E-state index contributed by atoms with van der Waals surface area (Å²) >= 11 is 7.70. The SMILES string of the molecule is CC(=O)N(c1nc(COC(=O)/C=C/c2ccnn2C)cs1)c1c(C)cc(C)cc1Cl. The quantitative estimate of drug-likeness (QED) is 0.410. The van der Waals surface area contributed by atoms with Crippen molar-refractivity contribution >= 4 is 51.7 Å². The topological polar surface area (TPSA) is 77.3 Å². The summed E-state index contributed by atoms with van der Waals surface area (Å²) in [6, 6.07) is 5.55. The Bertz CT molecular complexity index is 1100. The first kappa shape index (κ1) is 21.7. The Morgan fingerprint density at radius 2 is 2.10 bits per heavy atom. The highest BCUT2D eigenvalue weighted by Crippen LogP contribution is 2.37. The van der Waals surface area contributed by atoms with Gasteiger partial charge in [0.05, 0.1) is 22.1 Å². The third-order valence-electron chi connectivity index (χ3n) is 4.28. The fourth-order valence-corrected chi connectivity index (χ4v) is 4.20. The van der Waals surface area contributed by atoms with E-state index in [1.54, 1.807) is 35.4 Å². The van der Waals surface area contributed by atoms with Gasteiger partial charge >= 0.3 is 5.97 Å². The molecule has 0 unspecified atom stereocenters. The first-order valence-electron chi connectivity index (χ1n) is 9.11. The third-order valence-corrected chi connectivity index (χ3v) is 5.44. The van der Waals surface area contributed by atoms with E-state index >= 15 is 0 Å². The minimum atomic E-state index is -0.494. The fourth-order valence-electron chi connectivity index (χ4n) is 2.94. The van der Waals surface area contributed by atoms with E-state index in [1.807, 2.05) is 26.0 Å². The lowest BCUT2D eigenvalue weighted by Crippen LogP contribution is -2.24. The van der Waals surface area contributed by atoms with Gasteiger partial charge in [-0.25, -0.2) is 9.78 Å². The van der Waals surface area contributed by atoms with Gasteiger partial charge in [-0.2, -0.15) is 5.10 Å². The second-order valence-electron chi connectivity index (χ2n) is 6.71. The van der Waals surface area contributed by atoms with Gasteiger partial charge in [0.2, 0.25) is 5.91 Å². The zero-order valence-corrected chi connectivity index (χ0v) is 18.6. The number of anilines is 2. The van der Waals surface area contributed by atoms with Crippen LogP contribution in [0.5, 0.6) is 0 Å². The second kappa shape index (κ2) is 9.23. The number of esters is 1. The first-order valence-corrected chi connectivity index (χ1v) is 10.4. The second-order valence-corrected chi connectivity index (χ2v) is 7.95. The smallest absolute Gasteiger partial charge is 0.331 e. The van der Waals surface area contributed by atoms with E-state index in [0.717, 1.165) is 16.8 Å². The minimum absolute atomic E-state index is 0.00256. The van der Waals surface area contributed by atoms with Gasteiger partial charge in [0.1, 0.15) is 6.61 Å². The van der Waals surface area contributed by atoms with E-state index in [1.165, 1.54) is 29.2 Å². The number of amides is 1. The van der Waals surface area contributed by atoms with Crippen LogP contribution in [-0.4, -0.2) is 26.6 Å². The molecular weight excluding hydrogens is 424 g/mol. The summed E-state index contributed by atoms with van der Waals surface area (Å²) in [6.07, 6.45) is 4.60. The number of carbonyl (C=O) groups is 2. The molecule has 2 heterocycles. The predicted molar refractivity (Wildman–Crippen MR) is 118 cm³/mol. The van der Waals surface area contributed by atoms with E-state index in [9.17, 15) is 9.59 Å². The van der Waals surface area contributed by atoms with Gasteiger partial charge in [-0.1, -0.05) is 17.7 Å². The van der Waals surface area contributed by atoms with Crippen LogP contribution in [0.1, 0.15) is 29.4 Å². The molecule has 30 heavy (non-hydrogen) atoms. The molecular formula is C21H21ClN4O3S. The van der Waals surface area contributed by atoms with Crippen LogP contribution >= 0.6 is 22.9 Å². The van der Waals surface area contributed by atoms with Crippen LogP contribution in [-0.2, 0) is 28.0 Å². The maximum Gasteiger partial charge on any atom is 0.331 e. The monoisotopic (exact) mass is 444 g/mol. The number of nitrogens with zero attached hydrogens (tertiary/aromatic N) is 4. The molecule has 9 heteroatoms. The first-order chi connectivity index (χ1) is 14.3. The normalized spacial score (nSPS) is 11.1. The van der Waals surface area contributed by atoms with Crippen molar-refractivity contribution in [3.63, 3.8) is 0 Å². The summed E-state index contributed by atoms with van der Waals surface area (Å²) in [5.74, 6) is -0.701. The molecule has 0 fully saturated rings. The summed E-state index contributed by atoms with van der Waals surface area (Å²) < 4.78 is 6.89. The van der Waals surface area contributed by atoms with E-state index in [2.05, 4.69) is 10.1 Å². The van der Waals surface area contributed by atoms with E-state index in [4.69, 9.17) is 16.3 Å². The number of hydrogen-bond acceptors (Lipinski definition) is 6. The molecule has 0 bridgehead atoms. The van der Waals surface area contributed by atoms with Crippen molar-refractivity contribution in [1.82, 2.24) is 14.8 Å². The van der Waals surface area contributed by atoms with Crippen molar-refractivity contribution < 1.29 is 14.3 Å². The molecule has 0 N–H and O–H groups in total. The molecule has 0 aliphatic carbocycles. The van der Waals surface area contributed by atoms with Crippen LogP contribution in [0.4, 0.5) is 10.8 Å². The molecule has 0 aliphatic rings. The zero-order chi connectivity index (χ0) is 21.8. The Morgan fingerprint density at radius 1 is 1.33 bits per heavy atom. The number of ether oxygens (including phenoxy) is 1. The van der Waals surface area contributed by atoms with Gasteiger partial charge < -0.3 is 4.74 Å². The van der Waals surface area contributed by atoms with Crippen LogP contribution in [0.25, 0.3) is 6.08 Å². The number of aryl methyl sites for hydroxylation is 3. The van der Waals surface area contributed by atoms with Crippen LogP contribution in [0.3, 0.4) is 0 Å².